The van der Waals surface area contributed by atoms with Crippen LogP contribution in [0, 0.1) is 0 Å². The summed E-state index contributed by atoms with van der Waals surface area (Å²) in [6.45, 7) is 1.76. The molecule has 0 aliphatic rings. The van der Waals surface area contributed by atoms with Crippen molar-refractivity contribution in [1.82, 2.24) is 10.2 Å². The van der Waals surface area contributed by atoms with E-state index in [0.29, 0.717) is 6.42 Å². The minimum Gasteiger partial charge on any atom is -0.480 e. The Labute approximate surface area is 96.4 Å². The monoisotopic (exact) mass is 234 g/mol. The van der Waals surface area contributed by atoms with Crippen LogP contribution in [0.4, 0.5) is 0 Å². The molecule has 5 heteroatoms. The smallest absolute Gasteiger partial charge is 0.320 e. The first-order valence-electron chi connectivity index (χ1n) is 5.17. The van der Waals surface area contributed by atoms with Crippen LogP contribution in [0.15, 0.2) is 0 Å². The zero-order valence-corrected chi connectivity index (χ0v) is 10.6. The lowest BCUT2D eigenvalue weighted by Crippen LogP contribution is -2.38. The van der Waals surface area contributed by atoms with Gasteiger partial charge in [-0.15, -0.1) is 0 Å². The molecule has 0 saturated carbocycles. The van der Waals surface area contributed by atoms with Crippen molar-refractivity contribution in [2.24, 2.45) is 0 Å². The van der Waals surface area contributed by atoms with Crippen LogP contribution in [0.3, 0.4) is 0 Å². The number of nitrogens with one attached hydrogen (secondary N) is 1. The summed E-state index contributed by atoms with van der Waals surface area (Å²) in [5, 5.41) is 12.0. The van der Waals surface area contributed by atoms with Crippen molar-refractivity contribution in [3.63, 3.8) is 0 Å². The molecular formula is C10H22N2O2S. The molecule has 4 nitrogen and oxygen atoms in total. The summed E-state index contributed by atoms with van der Waals surface area (Å²) in [5.74, 6) is 0.145. The van der Waals surface area contributed by atoms with Crippen LogP contribution in [0.1, 0.15) is 12.8 Å². The van der Waals surface area contributed by atoms with Gasteiger partial charge in [-0.3, -0.25) is 4.79 Å². The first-order chi connectivity index (χ1) is 7.07. The Bertz CT molecular complexity index is 177. The Morgan fingerprint density at radius 1 is 1.53 bits per heavy atom. The Hall–Kier alpha value is -0.260. The molecule has 90 valence electrons. The quantitative estimate of drug-likeness (QED) is 0.576. The topological polar surface area (TPSA) is 52.6 Å². The fraction of sp³-hybridized carbons (Fsp3) is 0.900. The number of carboxylic acids is 1. The van der Waals surface area contributed by atoms with Crippen molar-refractivity contribution >= 4 is 17.7 Å². The molecule has 0 amide bonds. The zero-order valence-electron chi connectivity index (χ0n) is 9.82. The second kappa shape index (κ2) is 9.00. The van der Waals surface area contributed by atoms with Crippen molar-refractivity contribution in [2.45, 2.75) is 18.9 Å². The largest absolute Gasteiger partial charge is 0.480 e. The standard InChI is InChI=1S/C10H22N2O2S/c1-12(2)7-4-6-11-9(10(13)14)5-8-15-3/h9,11H,4-8H2,1-3H3,(H,13,14)/t9-/m0/s1. The highest BCUT2D eigenvalue weighted by atomic mass is 32.2. The molecule has 0 spiro atoms. The van der Waals surface area contributed by atoms with Crippen molar-refractivity contribution in [3.05, 3.63) is 0 Å². The van der Waals surface area contributed by atoms with Gasteiger partial charge in [-0.05, 0) is 52.0 Å². The lowest BCUT2D eigenvalue weighted by atomic mass is 10.2. The molecule has 0 aromatic heterocycles. The van der Waals surface area contributed by atoms with E-state index in [0.717, 1.165) is 25.3 Å². The molecule has 0 fully saturated rings. The molecule has 0 aliphatic heterocycles. The third kappa shape index (κ3) is 8.72. The van der Waals surface area contributed by atoms with E-state index in [9.17, 15) is 4.79 Å². The van der Waals surface area contributed by atoms with Crippen molar-refractivity contribution < 1.29 is 9.90 Å². The van der Waals surface area contributed by atoms with E-state index < -0.39 is 5.97 Å². The van der Waals surface area contributed by atoms with Crippen LogP contribution in [0.5, 0.6) is 0 Å². The number of carboxylic acid groups (broad SMARTS) is 1. The molecule has 0 aliphatic carbocycles. The molecule has 1 atom stereocenters. The Morgan fingerprint density at radius 2 is 2.20 bits per heavy atom. The van der Waals surface area contributed by atoms with Crippen LogP contribution < -0.4 is 5.32 Å². The van der Waals surface area contributed by atoms with Crippen molar-refractivity contribution in [2.75, 3.05) is 39.2 Å². The summed E-state index contributed by atoms with van der Waals surface area (Å²) in [5.41, 5.74) is 0. The van der Waals surface area contributed by atoms with Gasteiger partial charge in [-0.25, -0.2) is 0 Å². The van der Waals surface area contributed by atoms with E-state index in [2.05, 4.69) is 10.2 Å². The number of nitrogens with zero attached hydrogens (tertiary/aromatic N) is 1. The predicted octanol–water partition coefficient (Wildman–Crippen LogP) is 0.734. The zero-order chi connectivity index (χ0) is 11.7. The van der Waals surface area contributed by atoms with Crippen LogP contribution in [-0.2, 0) is 4.79 Å². The van der Waals surface area contributed by atoms with Crippen LogP contribution >= 0.6 is 11.8 Å². The lowest BCUT2D eigenvalue weighted by Gasteiger charge is -2.15. The number of thioether (sulfide) groups is 1. The Morgan fingerprint density at radius 3 is 2.67 bits per heavy atom. The first-order valence-corrected chi connectivity index (χ1v) is 6.57. The van der Waals surface area contributed by atoms with Crippen LogP contribution in [0.25, 0.3) is 0 Å². The molecule has 0 heterocycles. The number of hydrogen-bond donors (Lipinski definition) is 2. The summed E-state index contributed by atoms with van der Waals surface area (Å²) in [6.07, 6.45) is 3.67. The van der Waals surface area contributed by atoms with Gasteiger partial charge in [0.2, 0.25) is 0 Å². The fourth-order valence-electron chi connectivity index (χ4n) is 1.22. The molecule has 0 aromatic rings. The third-order valence-electron chi connectivity index (χ3n) is 2.08. The highest BCUT2D eigenvalue weighted by molar-refractivity contribution is 7.98. The average molecular weight is 234 g/mol. The normalized spacial score (nSPS) is 13.1. The molecule has 2 N–H and O–H groups in total. The number of aliphatic carboxylic acids is 1. The molecule has 0 aromatic carbocycles. The number of hydrogen-bond acceptors (Lipinski definition) is 4. The molecule has 0 radical (unpaired) electrons. The Kier molecular flexibility index (Phi) is 8.85. The van der Waals surface area contributed by atoms with Gasteiger partial charge in [0.25, 0.3) is 0 Å². The Balaban J connectivity index is 3.62. The van der Waals surface area contributed by atoms with E-state index in [1.165, 1.54) is 0 Å². The second-order valence-electron chi connectivity index (χ2n) is 3.78. The minimum absolute atomic E-state index is 0.389. The predicted molar refractivity (Wildman–Crippen MR) is 65.6 cm³/mol. The third-order valence-corrected chi connectivity index (χ3v) is 2.73. The van der Waals surface area contributed by atoms with Crippen LogP contribution in [0.2, 0.25) is 0 Å². The highest BCUT2D eigenvalue weighted by Crippen LogP contribution is 2.00. The molecule has 0 unspecified atom stereocenters. The van der Waals surface area contributed by atoms with E-state index in [1.54, 1.807) is 11.8 Å². The minimum atomic E-state index is -0.742. The molecule has 0 bridgehead atoms. The first kappa shape index (κ1) is 14.7. The van der Waals surface area contributed by atoms with Gasteiger partial charge in [-0.1, -0.05) is 0 Å². The highest BCUT2D eigenvalue weighted by Gasteiger charge is 2.15. The van der Waals surface area contributed by atoms with Gasteiger partial charge < -0.3 is 15.3 Å². The average Bonchev–Trinajstić information content (AvgIpc) is 2.15. The molecule has 0 saturated heterocycles. The second-order valence-corrected chi connectivity index (χ2v) is 4.77. The summed E-state index contributed by atoms with van der Waals surface area (Å²) in [4.78, 5) is 12.9. The van der Waals surface area contributed by atoms with Crippen molar-refractivity contribution in [3.8, 4) is 0 Å². The maximum Gasteiger partial charge on any atom is 0.320 e. The lowest BCUT2D eigenvalue weighted by molar-refractivity contribution is -0.139. The summed E-state index contributed by atoms with van der Waals surface area (Å²) in [7, 11) is 4.03. The van der Waals surface area contributed by atoms with Gasteiger partial charge in [0, 0.05) is 0 Å². The van der Waals surface area contributed by atoms with Gasteiger partial charge in [-0.2, -0.15) is 11.8 Å². The maximum atomic E-state index is 10.9. The van der Waals surface area contributed by atoms with Gasteiger partial charge in [0.1, 0.15) is 6.04 Å². The summed E-state index contributed by atoms with van der Waals surface area (Å²) < 4.78 is 0. The van der Waals surface area contributed by atoms with Gasteiger partial charge in [0.15, 0.2) is 0 Å². The van der Waals surface area contributed by atoms with Gasteiger partial charge in [0.05, 0.1) is 0 Å². The van der Waals surface area contributed by atoms with Gasteiger partial charge >= 0.3 is 5.97 Å². The summed E-state index contributed by atoms with van der Waals surface area (Å²) >= 11 is 1.68. The number of carbonyl (C=O) groups is 1. The number of rotatable bonds is 9. The molecular weight excluding hydrogens is 212 g/mol. The maximum absolute atomic E-state index is 10.9. The molecule has 15 heavy (non-hydrogen) atoms. The summed E-state index contributed by atoms with van der Waals surface area (Å²) in [6, 6.07) is -0.389. The van der Waals surface area contributed by atoms with E-state index in [-0.39, 0.29) is 6.04 Å². The molecule has 0 rings (SSSR count). The van der Waals surface area contributed by atoms with E-state index >= 15 is 0 Å². The van der Waals surface area contributed by atoms with E-state index in [4.69, 9.17) is 5.11 Å². The van der Waals surface area contributed by atoms with E-state index in [1.807, 2.05) is 20.4 Å². The van der Waals surface area contributed by atoms with Crippen molar-refractivity contribution in [1.29, 1.82) is 0 Å². The fourth-order valence-corrected chi connectivity index (χ4v) is 1.69. The van der Waals surface area contributed by atoms with Crippen LogP contribution in [-0.4, -0.2) is 61.2 Å². The SMILES string of the molecule is CSCC[C@H](NCCCN(C)C)C(=O)O.